The predicted molar refractivity (Wildman–Crippen MR) is 91.5 cm³/mol. The largest absolute Gasteiger partial charge is 0.506 e. The van der Waals surface area contributed by atoms with Gasteiger partial charge in [-0.1, -0.05) is 29.4 Å². The van der Waals surface area contributed by atoms with Gasteiger partial charge in [0, 0.05) is 10.9 Å². The van der Waals surface area contributed by atoms with E-state index in [1.54, 1.807) is 55.6 Å². The second-order valence-corrected chi connectivity index (χ2v) is 5.38. The number of aromatic nitrogens is 3. The maximum absolute atomic E-state index is 12.3. The second kappa shape index (κ2) is 5.79. The highest BCUT2D eigenvalue weighted by molar-refractivity contribution is 5.90. The lowest BCUT2D eigenvalue weighted by atomic mass is 10.1. The molecule has 0 aliphatic carbocycles. The molecule has 2 aromatic carbocycles. The van der Waals surface area contributed by atoms with Gasteiger partial charge < -0.3 is 19.4 Å². The van der Waals surface area contributed by atoms with E-state index < -0.39 is 5.56 Å². The van der Waals surface area contributed by atoms with Gasteiger partial charge in [0.15, 0.2) is 0 Å². The van der Waals surface area contributed by atoms with E-state index in [1.165, 1.54) is 0 Å². The van der Waals surface area contributed by atoms with Crippen LogP contribution in [0.15, 0.2) is 57.8 Å². The van der Waals surface area contributed by atoms with Gasteiger partial charge in [-0.3, -0.25) is 4.79 Å². The smallest absolute Gasteiger partial charge is 0.267 e. The standard InChI is InChI=1S/C18H13N3O4/c1-24-11-6-4-5-10(9-11)16-20-18(25-21-16)14-15(22)12-7-2-3-8-13(12)19-17(14)23/h2-9H,1H3,(H2,19,22,23). The molecule has 0 unspecified atom stereocenters. The number of hydrogen-bond acceptors (Lipinski definition) is 6. The Hall–Kier alpha value is -3.61. The molecule has 7 heteroatoms. The molecule has 2 heterocycles. The highest BCUT2D eigenvalue weighted by Gasteiger charge is 2.20. The van der Waals surface area contributed by atoms with Gasteiger partial charge in [0.1, 0.15) is 17.1 Å². The van der Waals surface area contributed by atoms with E-state index in [1.807, 2.05) is 0 Å². The topological polar surface area (TPSA) is 101 Å². The zero-order chi connectivity index (χ0) is 17.4. The molecule has 0 aliphatic rings. The molecule has 2 N–H and O–H groups in total. The molecule has 0 saturated heterocycles. The SMILES string of the molecule is COc1cccc(-c2noc(-c3c(O)c4ccccc4[nH]c3=O)n2)c1. The number of methoxy groups -OCH3 is 1. The number of fused-ring (bicyclic) bond motifs is 1. The van der Waals surface area contributed by atoms with Gasteiger partial charge in [-0.2, -0.15) is 4.98 Å². The Kier molecular flexibility index (Phi) is 3.46. The zero-order valence-electron chi connectivity index (χ0n) is 13.2. The first-order valence-electron chi connectivity index (χ1n) is 7.50. The number of ether oxygens (including phenoxy) is 1. The number of aromatic hydroxyl groups is 1. The second-order valence-electron chi connectivity index (χ2n) is 5.38. The van der Waals surface area contributed by atoms with Crippen LogP contribution in [-0.2, 0) is 0 Å². The van der Waals surface area contributed by atoms with Gasteiger partial charge in [-0.05, 0) is 24.3 Å². The molecule has 4 rings (SSSR count). The van der Waals surface area contributed by atoms with Crippen molar-refractivity contribution >= 4 is 10.9 Å². The summed E-state index contributed by atoms with van der Waals surface area (Å²) in [6.45, 7) is 0. The van der Waals surface area contributed by atoms with Crippen LogP contribution in [0.1, 0.15) is 0 Å². The fourth-order valence-corrected chi connectivity index (χ4v) is 2.63. The minimum atomic E-state index is -0.503. The highest BCUT2D eigenvalue weighted by Crippen LogP contribution is 2.32. The summed E-state index contributed by atoms with van der Waals surface area (Å²) in [4.78, 5) is 19.3. The van der Waals surface area contributed by atoms with Crippen LogP contribution in [0.2, 0.25) is 0 Å². The number of H-pyrrole nitrogens is 1. The Balaban J connectivity index is 1.85. The number of pyridine rings is 1. The first kappa shape index (κ1) is 14.9. The van der Waals surface area contributed by atoms with Gasteiger partial charge >= 0.3 is 0 Å². The summed E-state index contributed by atoms with van der Waals surface area (Å²) in [6, 6.07) is 14.1. The monoisotopic (exact) mass is 335 g/mol. The van der Waals surface area contributed by atoms with E-state index in [9.17, 15) is 9.90 Å². The summed E-state index contributed by atoms with van der Waals surface area (Å²) in [5, 5.41) is 14.9. The lowest BCUT2D eigenvalue weighted by Gasteiger charge is -2.03. The van der Waals surface area contributed by atoms with E-state index in [-0.39, 0.29) is 17.2 Å². The summed E-state index contributed by atoms with van der Waals surface area (Å²) in [5.74, 6) is 0.693. The van der Waals surface area contributed by atoms with E-state index in [0.29, 0.717) is 28.0 Å². The average molecular weight is 335 g/mol. The van der Waals surface area contributed by atoms with E-state index >= 15 is 0 Å². The molecule has 0 radical (unpaired) electrons. The van der Waals surface area contributed by atoms with E-state index in [0.717, 1.165) is 0 Å². The Labute approximate surface area is 141 Å². The number of rotatable bonds is 3. The Morgan fingerprint density at radius 2 is 2.00 bits per heavy atom. The fourth-order valence-electron chi connectivity index (χ4n) is 2.63. The van der Waals surface area contributed by atoms with Crippen molar-refractivity contribution in [3.05, 3.63) is 58.9 Å². The molecule has 4 aromatic rings. The normalized spacial score (nSPS) is 10.9. The van der Waals surface area contributed by atoms with Crippen LogP contribution < -0.4 is 10.3 Å². The minimum absolute atomic E-state index is 0.0534. The Morgan fingerprint density at radius 3 is 2.84 bits per heavy atom. The van der Waals surface area contributed by atoms with Crippen molar-refractivity contribution < 1.29 is 14.4 Å². The number of nitrogens with one attached hydrogen (secondary N) is 1. The third-order valence-electron chi connectivity index (χ3n) is 3.86. The van der Waals surface area contributed by atoms with E-state index in [4.69, 9.17) is 9.26 Å². The van der Waals surface area contributed by atoms with Crippen molar-refractivity contribution in [2.24, 2.45) is 0 Å². The fraction of sp³-hybridized carbons (Fsp3) is 0.0556. The maximum Gasteiger partial charge on any atom is 0.267 e. The van der Waals surface area contributed by atoms with Crippen molar-refractivity contribution in [2.45, 2.75) is 0 Å². The van der Waals surface area contributed by atoms with Crippen molar-refractivity contribution in [3.63, 3.8) is 0 Å². The molecular formula is C18H13N3O4. The van der Waals surface area contributed by atoms with Crippen molar-refractivity contribution in [3.8, 4) is 34.3 Å². The molecule has 2 aromatic heterocycles. The third-order valence-corrected chi connectivity index (χ3v) is 3.86. The summed E-state index contributed by atoms with van der Waals surface area (Å²) < 4.78 is 10.4. The van der Waals surface area contributed by atoms with Crippen molar-refractivity contribution in [1.82, 2.24) is 15.1 Å². The number of hydrogen-bond donors (Lipinski definition) is 2. The summed E-state index contributed by atoms with van der Waals surface area (Å²) >= 11 is 0. The summed E-state index contributed by atoms with van der Waals surface area (Å²) in [6.07, 6.45) is 0. The Morgan fingerprint density at radius 1 is 1.16 bits per heavy atom. The quantitative estimate of drug-likeness (QED) is 0.597. The highest BCUT2D eigenvalue weighted by atomic mass is 16.5. The predicted octanol–water partition coefficient (Wildman–Crippen LogP) is 2.96. The number of benzene rings is 2. The lowest BCUT2D eigenvalue weighted by molar-refractivity contribution is 0.414. The van der Waals surface area contributed by atoms with Crippen LogP contribution in [0, 0.1) is 0 Å². The zero-order valence-corrected chi connectivity index (χ0v) is 13.2. The molecule has 0 amide bonds. The van der Waals surface area contributed by atoms with Crippen LogP contribution in [0.4, 0.5) is 0 Å². The summed E-state index contributed by atoms with van der Waals surface area (Å²) in [7, 11) is 1.56. The number of para-hydroxylation sites is 1. The molecule has 0 atom stereocenters. The summed E-state index contributed by atoms with van der Waals surface area (Å²) in [5.41, 5.74) is 0.643. The van der Waals surface area contributed by atoms with Gasteiger partial charge in [0.2, 0.25) is 5.82 Å². The Bertz CT molecular complexity index is 1130. The van der Waals surface area contributed by atoms with Crippen molar-refractivity contribution in [1.29, 1.82) is 0 Å². The average Bonchev–Trinajstić information content (AvgIpc) is 3.11. The molecule has 0 fully saturated rings. The first-order chi connectivity index (χ1) is 12.2. The van der Waals surface area contributed by atoms with Crippen LogP contribution in [-0.4, -0.2) is 27.3 Å². The lowest BCUT2D eigenvalue weighted by Crippen LogP contribution is -2.09. The molecule has 0 bridgehead atoms. The van der Waals surface area contributed by atoms with Gasteiger partial charge in [0.05, 0.1) is 12.6 Å². The van der Waals surface area contributed by atoms with Crippen molar-refractivity contribution in [2.75, 3.05) is 7.11 Å². The molecule has 124 valence electrons. The molecular weight excluding hydrogens is 322 g/mol. The molecule has 0 saturated carbocycles. The molecule has 0 aliphatic heterocycles. The van der Waals surface area contributed by atoms with Crippen LogP contribution in [0.5, 0.6) is 11.5 Å². The van der Waals surface area contributed by atoms with Gasteiger partial charge in [-0.15, -0.1) is 0 Å². The minimum Gasteiger partial charge on any atom is -0.506 e. The number of nitrogens with zero attached hydrogens (tertiary/aromatic N) is 2. The molecule has 0 spiro atoms. The molecule has 7 nitrogen and oxygen atoms in total. The van der Waals surface area contributed by atoms with Crippen LogP contribution in [0.3, 0.4) is 0 Å². The van der Waals surface area contributed by atoms with Crippen LogP contribution >= 0.6 is 0 Å². The van der Waals surface area contributed by atoms with Gasteiger partial charge in [0.25, 0.3) is 11.4 Å². The number of aromatic amines is 1. The van der Waals surface area contributed by atoms with Crippen LogP contribution in [0.25, 0.3) is 33.7 Å². The maximum atomic E-state index is 12.3. The third kappa shape index (κ3) is 2.51. The van der Waals surface area contributed by atoms with Gasteiger partial charge in [-0.25, -0.2) is 0 Å². The molecule has 25 heavy (non-hydrogen) atoms. The first-order valence-corrected chi connectivity index (χ1v) is 7.50. The van der Waals surface area contributed by atoms with E-state index in [2.05, 4.69) is 15.1 Å².